The van der Waals surface area contributed by atoms with E-state index in [2.05, 4.69) is 0 Å². The van der Waals surface area contributed by atoms with Gasteiger partial charge in [-0.15, -0.1) is 0 Å². The van der Waals surface area contributed by atoms with Crippen molar-refractivity contribution in [1.82, 2.24) is 0 Å². The minimum absolute atomic E-state index is 0.503. The molecule has 0 spiro atoms. The van der Waals surface area contributed by atoms with E-state index in [1.165, 1.54) is 5.56 Å². The molecule has 0 fully saturated rings. The van der Waals surface area contributed by atoms with Crippen LogP contribution in [0.2, 0.25) is 0 Å². The van der Waals surface area contributed by atoms with Crippen LogP contribution in [0.25, 0.3) is 0 Å². The van der Waals surface area contributed by atoms with E-state index in [1.807, 2.05) is 31.2 Å². The number of nitrogens with two attached hydrogens (primary N) is 1. The van der Waals surface area contributed by atoms with Crippen molar-refractivity contribution >= 4 is 0 Å². The van der Waals surface area contributed by atoms with Crippen LogP contribution in [0.1, 0.15) is 31.4 Å². The van der Waals surface area contributed by atoms with Gasteiger partial charge in [-0.3, -0.25) is 0 Å². The Hall–Kier alpha value is -0.890. The highest BCUT2D eigenvalue weighted by Crippen LogP contribution is 2.28. The van der Waals surface area contributed by atoms with Crippen LogP contribution in [0.4, 0.5) is 4.39 Å². The average molecular weight is 195 g/mol. The van der Waals surface area contributed by atoms with Crippen molar-refractivity contribution in [2.24, 2.45) is 5.73 Å². The van der Waals surface area contributed by atoms with Gasteiger partial charge in [0, 0.05) is 0 Å². The van der Waals surface area contributed by atoms with Gasteiger partial charge in [0.05, 0.1) is 0 Å². The number of hydrogen-bond acceptors (Lipinski definition) is 1. The van der Waals surface area contributed by atoms with Gasteiger partial charge in [0.15, 0.2) is 0 Å². The highest BCUT2D eigenvalue weighted by atomic mass is 19.1. The van der Waals surface area contributed by atoms with Crippen LogP contribution in [0.3, 0.4) is 0 Å². The second kappa shape index (κ2) is 4.56. The fourth-order valence-corrected chi connectivity index (χ4v) is 1.39. The lowest BCUT2D eigenvalue weighted by molar-refractivity contribution is 0.185. The first-order valence-electron chi connectivity index (χ1n) is 5.08. The number of rotatable bonds is 4. The Morgan fingerprint density at radius 3 is 2.29 bits per heavy atom. The third-order valence-electron chi connectivity index (χ3n) is 2.65. The molecule has 1 unspecified atom stereocenters. The van der Waals surface area contributed by atoms with Gasteiger partial charge in [0.25, 0.3) is 0 Å². The molecular formula is C12H18FN. The largest absolute Gasteiger partial charge is 0.330 e. The minimum Gasteiger partial charge on any atom is -0.330 e. The van der Waals surface area contributed by atoms with Crippen LogP contribution in [0.5, 0.6) is 0 Å². The van der Waals surface area contributed by atoms with E-state index in [1.54, 1.807) is 6.92 Å². The molecule has 0 aromatic heterocycles. The lowest BCUT2D eigenvalue weighted by Gasteiger charge is -2.18. The lowest BCUT2D eigenvalue weighted by atomic mass is 9.94. The first kappa shape index (κ1) is 11.2. The standard InChI is InChI=1S/C12H18FN/c1-3-12(2,13)11-6-4-10(5-7-11)8-9-14/h4-7H,3,8-9,14H2,1-2H3. The molecule has 0 aliphatic carbocycles. The van der Waals surface area contributed by atoms with Crippen molar-refractivity contribution in [1.29, 1.82) is 0 Å². The first-order chi connectivity index (χ1) is 6.60. The molecule has 2 N–H and O–H groups in total. The van der Waals surface area contributed by atoms with Crippen molar-refractivity contribution in [3.8, 4) is 0 Å². The number of halogens is 1. The monoisotopic (exact) mass is 195 g/mol. The summed E-state index contributed by atoms with van der Waals surface area (Å²) >= 11 is 0. The van der Waals surface area contributed by atoms with Gasteiger partial charge >= 0.3 is 0 Å². The van der Waals surface area contributed by atoms with Gasteiger partial charge in [-0.2, -0.15) is 0 Å². The van der Waals surface area contributed by atoms with Gasteiger partial charge in [0.2, 0.25) is 0 Å². The molecule has 0 aliphatic rings. The van der Waals surface area contributed by atoms with E-state index >= 15 is 0 Å². The second-order valence-corrected chi connectivity index (χ2v) is 3.79. The van der Waals surface area contributed by atoms with Crippen LogP contribution >= 0.6 is 0 Å². The maximum Gasteiger partial charge on any atom is 0.133 e. The third kappa shape index (κ3) is 2.55. The topological polar surface area (TPSA) is 26.0 Å². The molecule has 2 heteroatoms. The fraction of sp³-hybridized carbons (Fsp3) is 0.500. The summed E-state index contributed by atoms with van der Waals surface area (Å²) in [6, 6.07) is 7.62. The highest BCUT2D eigenvalue weighted by molar-refractivity contribution is 5.26. The van der Waals surface area contributed by atoms with Gasteiger partial charge in [0.1, 0.15) is 5.67 Å². The Morgan fingerprint density at radius 1 is 1.29 bits per heavy atom. The van der Waals surface area contributed by atoms with Crippen molar-refractivity contribution in [3.63, 3.8) is 0 Å². The Kier molecular flexibility index (Phi) is 3.64. The summed E-state index contributed by atoms with van der Waals surface area (Å²) in [5.74, 6) is 0. The molecule has 78 valence electrons. The van der Waals surface area contributed by atoms with E-state index < -0.39 is 5.67 Å². The van der Waals surface area contributed by atoms with Gasteiger partial charge in [-0.1, -0.05) is 31.2 Å². The maximum absolute atomic E-state index is 13.8. The number of alkyl halides is 1. The van der Waals surface area contributed by atoms with Crippen molar-refractivity contribution in [2.75, 3.05) is 6.54 Å². The van der Waals surface area contributed by atoms with Gasteiger partial charge in [-0.25, -0.2) is 4.39 Å². The molecule has 1 aromatic rings. The van der Waals surface area contributed by atoms with Crippen LogP contribution in [-0.4, -0.2) is 6.54 Å². The summed E-state index contributed by atoms with van der Waals surface area (Å²) in [5.41, 5.74) is 6.15. The molecule has 1 aromatic carbocycles. The normalized spacial score (nSPS) is 15.1. The van der Waals surface area contributed by atoms with Gasteiger partial charge < -0.3 is 5.73 Å². The number of benzene rings is 1. The molecular weight excluding hydrogens is 177 g/mol. The zero-order valence-electron chi connectivity index (χ0n) is 8.89. The van der Waals surface area contributed by atoms with Crippen LogP contribution in [0.15, 0.2) is 24.3 Å². The first-order valence-corrected chi connectivity index (χ1v) is 5.08. The van der Waals surface area contributed by atoms with E-state index in [-0.39, 0.29) is 0 Å². The summed E-state index contributed by atoms with van der Waals surface area (Å²) in [5, 5.41) is 0. The smallest absolute Gasteiger partial charge is 0.133 e. The lowest BCUT2D eigenvalue weighted by Crippen LogP contribution is -2.13. The molecule has 0 bridgehead atoms. The summed E-state index contributed by atoms with van der Waals surface area (Å²) in [6.45, 7) is 4.11. The van der Waals surface area contributed by atoms with E-state index in [4.69, 9.17) is 5.73 Å². The SMILES string of the molecule is CCC(C)(F)c1ccc(CCN)cc1. The minimum atomic E-state index is -1.21. The molecule has 0 saturated carbocycles. The zero-order valence-corrected chi connectivity index (χ0v) is 8.89. The number of hydrogen-bond donors (Lipinski definition) is 1. The highest BCUT2D eigenvalue weighted by Gasteiger charge is 2.22. The summed E-state index contributed by atoms with van der Waals surface area (Å²) in [4.78, 5) is 0. The molecule has 0 aliphatic heterocycles. The molecule has 0 heterocycles. The molecule has 1 atom stereocenters. The zero-order chi connectivity index (χ0) is 10.6. The molecule has 0 amide bonds. The Bertz CT molecular complexity index is 277. The predicted molar refractivity (Wildman–Crippen MR) is 58.0 cm³/mol. The second-order valence-electron chi connectivity index (χ2n) is 3.79. The fourth-order valence-electron chi connectivity index (χ4n) is 1.39. The van der Waals surface area contributed by atoms with Gasteiger partial charge in [-0.05, 0) is 37.4 Å². The van der Waals surface area contributed by atoms with E-state index in [0.29, 0.717) is 13.0 Å². The maximum atomic E-state index is 13.8. The van der Waals surface area contributed by atoms with Crippen molar-refractivity contribution in [3.05, 3.63) is 35.4 Å². The Balaban J connectivity index is 2.82. The quantitative estimate of drug-likeness (QED) is 0.785. The predicted octanol–water partition coefficient (Wildman–Crippen LogP) is 2.78. The van der Waals surface area contributed by atoms with Crippen molar-refractivity contribution < 1.29 is 4.39 Å². The van der Waals surface area contributed by atoms with E-state index in [0.717, 1.165) is 12.0 Å². The molecule has 1 rings (SSSR count). The Labute approximate surface area is 85.1 Å². The molecule has 14 heavy (non-hydrogen) atoms. The summed E-state index contributed by atoms with van der Waals surface area (Å²) in [7, 11) is 0. The molecule has 1 nitrogen and oxygen atoms in total. The average Bonchev–Trinajstić information content (AvgIpc) is 2.19. The molecule has 0 saturated heterocycles. The summed E-state index contributed by atoms with van der Waals surface area (Å²) in [6.07, 6.45) is 1.36. The van der Waals surface area contributed by atoms with Crippen LogP contribution in [0, 0.1) is 0 Å². The third-order valence-corrected chi connectivity index (χ3v) is 2.65. The van der Waals surface area contributed by atoms with Crippen LogP contribution < -0.4 is 5.73 Å². The summed E-state index contributed by atoms with van der Waals surface area (Å²) < 4.78 is 13.8. The van der Waals surface area contributed by atoms with E-state index in [9.17, 15) is 4.39 Å². The van der Waals surface area contributed by atoms with Crippen LogP contribution in [-0.2, 0) is 12.1 Å². The Morgan fingerprint density at radius 2 is 1.86 bits per heavy atom. The molecule has 0 radical (unpaired) electrons. The van der Waals surface area contributed by atoms with Crippen molar-refractivity contribution in [2.45, 2.75) is 32.4 Å².